The van der Waals surface area contributed by atoms with E-state index >= 15 is 0 Å². The molecule has 0 unspecified atom stereocenters. The highest BCUT2D eigenvalue weighted by Gasteiger charge is 2.13. The van der Waals surface area contributed by atoms with Crippen LogP contribution in [0.5, 0.6) is 11.5 Å². The van der Waals surface area contributed by atoms with Crippen LogP contribution in [0.4, 0.5) is 8.78 Å². The van der Waals surface area contributed by atoms with E-state index in [1.165, 1.54) is 12.1 Å². The molecule has 0 heterocycles. The molecule has 1 amide bonds. The van der Waals surface area contributed by atoms with Gasteiger partial charge in [-0.3, -0.25) is 9.69 Å². The maximum atomic E-state index is 12.4. The summed E-state index contributed by atoms with van der Waals surface area (Å²) in [5.41, 5.74) is 3.14. The SMILES string of the molecule is Cc1cc(C)cc(OCCN(C)CC(=O)N(C)Cc2ccc(OC(F)F)cc2)c1. The zero-order valence-electron chi connectivity index (χ0n) is 17.3. The molecule has 0 bridgehead atoms. The number of carbonyl (C=O) groups is 1. The van der Waals surface area contributed by atoms with Crippen LogP contribution in [-0.4, -0.2) is 56.1 Å². The normalized spacial score (nSPS) is 11.0. The van der Waals surface area contributed by atoms with Crippen LogP contribution in [0, 0.1) is 13.8 Å². The van der Waals surface area contributed by atoms with E-state index in [9.17, 15) is 13.6 Å². The average Bonchev–Trinajstić information content (AvgIpc) is 2.62. The molecular formula is C22H28F2N2O3. The molecule has 5 nitrogen and oxygen atoms in total. The number of hydrogen-bond donors (Lipinski definition) is 0. The Hall–Kier alpha value is -2.67. The van der Waals surface area contributed by atoms with Crippen molar-refractivity contribution in [2.24, 2.45) is 0 Å². The van der Waals surface area contributed by atoms with Gasteiger partial charge in [0.05, 0.1) is 6.54 Å². The van der Waals surface area contributed by atoms with Gasteiger partial charge in [-0.15, -0.1) is 0 Å². The lowest BCUT2D eigenvalue weighted by molar-refractivity contribution is -0.131. The van der Waals surface area contributed by atoms with Gasteiger partial charge in [0.25, 0.3) is 0 Å². The van der Waals surface area contributed by atoms with Crippen molar-refractivity contribution in [3.63, 3.8) is 0 Å². The molecular weight excluding hydrogens is 378 g/mol. The summed E-state index contributed by atoms with van der Waals surface area (Å²) in [7, 11) is 3.58. The Morgan fingerprint density at radius 2 is 1.62 bits per heavy atom. The van der Waals surface area contributed by atoms with Crippen LogP contribution in [-0.2, 0) is 11.3 Å². The highest BCUT2D eigenvalue weighted by atomic mass is 19.3. The highest BCUT2D eigenvalue weighted by molar-refractivity contribution is 5.77. The van der Waals surface area contributed by atoms with Gasteiger partial charge in [-0.25, -0.2) is 0 Å². The van der Waals surface area contributed by atoms with Gasteiger partial charge >= 0.3 is 6.61 Å². The van der Waals surface area contributed by atoms with Gasteiger partial charge in [0.2, 0.25) is 5.91 Å². The molecule has 0 aliphatic heterocycles. The number of rotatable bonds is 10. The fraction of sp³-hybridized carbons (Fsp3) is 0.409. The van der Waals surface area contributed by atoms with Crippen LogP contribution in [0.2, 0.25) is 0 Å². The van der Waals surface area contributed by atoms with E-state index in [0.717, 1.165) is 22.4 Å². The number of ether oxygens (including phenoxy) is 2. The van der Waals surface area contributed by atoms with E-state index in [2.05, 4.69) is 10.8 Å². The Morgan fingerprint density at radius 3 is 2.21 bits per heavy atom. The minimum atomic E-state index is -2.85. The predicted octanol–water partition coefficient (Wildman–Crippen LogP) is 3.87. The molecule has 0 atom stereocenters. The quantitative estimate of drug-likeness (QED) is 0.601. The van der Waals surface area contributed by atoms with Crippen molar-refractivity contribution in [2.45, 2.75) is 27.0 Å². The molecule has 0 aliphatic carbocycles. The number of hydrogen-bond acceptors (Lipinski definition) is 4. The van der Waals surface area contributed by atoms with E-state index in [0.29, 0.717) is 19.7 Å². The summed E-state index contributed by atoms with van der Waals surface area (Å²) in [5, 5.41) is 0. The minimum Gasteiger partial charge on any atom is -0.492 e. The number of amides is 1. The van der Waals surface area contributed by atoms with Crippen LogP contribution in [0.15, 0.2) is 42.5 Å². The molecule has 0 N–H and O–H groups in total. The van der Waals surface area contributed by atoms with E-state index < -0.39 is 6.61 Å². The van der Waals surface area contributed by atoms with Crippen molar-refractivity contribution in [3.8, 4) is 11.5 Å². The lowest BCUT2D eigenvalue weighted by Gasteiger charge is -2.22. The second kappa shape index (κ2) is 10.8. The number of carbonyl (C=O) groups excluding carboxylic acids is 1. The Balaban J connectivity index is 1.75. The molecule has 0 saturated heterocycles. The molecule has 0 spiro atoms. The molecule has 0 saturated carbocycles. The fourth-order valence-electron chi connectivity index (χ4n) is 2.90. The molecule has 2 aromatic carbocycles. The zero-order chi connectivity index (χ0) is 21.4. The second-order valence-corrected chi connectivity index (χ2v) is 7.18. The molecule has 158 valence electrons. The number of nitrogens with zero attached hydrogens (tertiary/aromatic N) is 2. The Kier molecular flexibility index (Phi) is 8.39. The summed E-state index contributed by atoms with van der Waals surface area (Å²) in [6.45, 7) is 2.97. The van der Waals surface area contributed by atoms with E-state index in [1.54, 1.807) is 24.1 Å². The largest absolute Gasteiger partial charge is 0.492 e. The maximum absolute atomic E-state index is 12.4. The van der Waals surface area contributed by atoms with Gasteiger partial charge in [-0.2, -0.15) is 8.78 Å². The third-order valence-corrected chi connectivity index (χ3v) is 4.34. The van der Waals surface area contributed by atoms with Gasteiger partial charge in [-0.05, 0) is 61.9 Å². The van der Waals surface area contributed by atoms with Crippen LogP contribution in [0.3, 0.4) is 0 Å². The summed E-state index contributed by atoms with van der Waals surface area (Å²) in [4.78, 5) is 15.9. The Labute approximate surface area is 170 Å². The lowest BCUT2D eigenvalue weighted by atomic mass is 10.1. The molecule has 7 heteroatoms. The number of alkyl halides is 2. The molecule has 0 aliphatic rings. The summed E-state index contributed by atoms with van der Waals surface area (Å²) < 4.78 is 34.5. The van der Waals surface area contributed by atoms with Crippen LogP contribution in [0.1, 0.15) is 16.7 Å². The van der Waals surface area contributed by atoms with Crippen molar-refractivity contribution < 1.29 is 23.0 Å². The first-order chi connectivity index (χ1) is 13.7. The molecule has 2 rings (SSSR count). The van der Waals surface area contributed by atoms with Gasteiger partial charge in [0.15, 0.2) is 0 Å². The minimum absolute atomic E-state index is 0.0354. The maximum Gasteiger partial charge on any atom is 0.387 e. The predicted molar refractivity (Wildman–Crippen MR) is 108 cm³/mol. The third kappa shape index (κ3) is 8.07. The second-order valence-electron chi connectivity index (χ2n) is 7.18. The first-order valence-electron chi connectivity index (χ1n) is 9.40. The third-order valence-electron chi connectivity index (χ3n) is 4.34. The summed E-state index contributed by atoms with van der Waals surface area (Å²) in [6, 6.07) is 12.3. The standard InChI is InChI=1S/C22H28F2N2O3/c1-16-11-17(2)13-20(12-16)28-10-9-25(3)15-21(27)26(4)14-18-5-7-19(8-6-18)29-22(23)24/h5-8,11-13,22H,9-10,14-15H2,1-4H3. The number of benzene rings is 2. The molecule has 29 heavy (non-hydrogen) atoms. The summed E-state index contributed by atoms with van der Waals surface area (Å²) in [6.07, 6.45) is 0. The number of halogens is 2. The smallest absolute Gasteiger partial charge is 0.387 e. The number of aryl methyl sites for hydroxylation is 2. The Morgan fingerprint density at radius 1 is 1.00 bits per heavy atom. The first kappa shape index (κ1) is 22.6. The first-order valence-corrected chi connectivity index (χ1v) is 9.40. The van der Waals surface area contributed by atoms with Crippen LogP contribution in [0.25, 0.3) is 0 Å². The van der Waals surface area contributed by atoms with Gasteiger partial charge < -0.3 is 14.4 Å². The lowest BCUT2D eigenvalue weighted by Crippen LogP contribution is -2.37. The van der Waals surface area contributed by atoms with Crippen molar-refractivity contribution in [1.82, 2.24) is 9.80 Å². The van der Waals surface area contributed by atoms with Crippen molar-refractivity contribution in [3.05, 3.63) is 59.2 Å². The molecule has 0 fully saturated rings. The highest BCUT2D eigenvalue weighted by Crippen LogP contribution is 2.17. The van der Waals surface area contributed by atoms with Gasteiger partial charge in [0, 0.05) is 20.1 Å². The van der Waals surface area contributed by atoms with Crippen molar-refractivity contribution in [2.75, 3.05) is 33.8 Å². The Bertz CT molecular complexity index is 777. The summed E-state index contributed by atoms with van der Waals surface area (Å²) in [5.74, 6) is 0.895. The van der Waals surface area contributed by atoms with E-state index in [-0.39, 0.29) is 18.2 Å². The van der Waals surface area contributed by atoms with Gasteiger partial charge in [-0.1, -0.05) is 18.2 Å². The number of likely N-dealkylation sites (N-methyl/N-ethyl adjacent to an activating group) is 2. The van der Waals surface area contributed by atoms with Crippen LogP contribution >= 0.6 is 0 Å². The monoisotopic (exact) mass is 406 g/mol. The zero-order valence-corrected chi connectivity index (χ0v) is 17.3. The molecule has 2 aromatic rings. The van der Waals surface area contributed by atoms with Crippen LogP contribution < -0.4 is 9.47 Å². The fourth-order valence-corrected chi connectivity index (χ4v) is 2.90. The average molecular weight is 406 g/mol. The topological polar surface area (TPSA) is 42.0 Å². The van der Waals surface area contributed by atoms with E-state index in [4.69, 9.17) is 4.74 Å². The van der Waals surface area contributed by atoms with Gasteiger partial charge in [0.1, 0.15) is 18.1 Å². The molecule has 0 radical (unpaired) electrons. The molecule has 0 aromatic heterocycles. The van der Waals surface area contributed by atoms with E-state index in [1.807, 2.05) is 37.9 Å². The summed E-state index contributed by atoms with van der Waals surface area (Å²) >= 11 is 0. The van der Waals surface area contributed by atoms with Crippen molar-refractivity contribution >= 4 is 5.91 Å². The van der Waals surface area contributed by atoms with Crippen molar-refractivity contribution in [1.29, 1.82) is 0 Å².